The Morgan fingerprint density at radius 1 is 1.12 bits per heavy atom. The highest BCUT2D eigenvalue weighted by atomic mass is 16.1. The molecule has 3 heterocycles. The first-order chi connectivity index (χ1) is 12.3. The van der Waals surface area contributed by atoms with Crippen molar-refractivity contribution in [3.8, 4) is 0 Å². The van der Waals surface area contributed by atoms with Crippen LogP contribution in [-0.4, -0.2) is 45.6 Å². The van der Waals surface area contributed by atoms with Gasteiger partial charge in [0.25, 0.3) is 0 Å². The summed E-state index contributed by atoms with van der Waals surface area (Å²) in [5, 5.41) is 3.66. The molecule has 2 aromatic heterocycles. The number of nitrogens with zero attached hydrogens (tertiary/aromatic N) is 3. The van der Waals surface area contributed by atoms with Gasteiger partial charge in [0.2, 0.25) is 0 Å². The van der Waals surface area contributed by atoms with E-state index in [2.05, 4.69) is 60.5 Å². The zero-order chi connectivity index (χ0) is 17.1. The monoisotopic (exact) mass is 338 g/mol. The number of aromatic nitrogens is 4. The highest BCUT2D eigenvalue weighted by Gasteiger charge is 2.22. The number of piperidine rings is 1. The Bertz CT molecular complexity index is 879. The summed E-state index contributed by atoms with van der Waals surface area (Å²) < 4.78 is 0. The van der Waals surface area contributed by atoms with Crippen LogP contribution in [0.3, 0.4) is 0 Å². The molecule has 4 rings (SSSR count). The van der Waals surface area contributed by atoms with E-state index in [0.717, 1.165) is 44.7 Å². The molecule has 0 unspecified atom stereocenters. The fourth-order valence-corrected chi connectivity index (χ4v) is 3.44. The molecule has 1 aromatic carbocycles. The van der Waals surface area contributed by atoms with Crippen molar-refractivity contribution in [1.29, 1.82) is 0 Å². The molecule has 0 atom stereocenters. The molecule has 3 N–H and O–H groups in total. The van der Waals surface area contributed by atoms with E-state index < -0.39 is 0 Å². The number of hydrogen-bond donors (Lipinski definition) is 3. The first-order valence-electron chi connectivity index (χ1n) is 8.75. The van der Waals surface area contributed by atoms with Crippen molar-refractivity contribution in [1.82, 2.24) is 25.3 Å². The van der Waals surface area contributed by atoms with Gasteiger partial charge in [0.15, 0.2) is 11.5 Å². The van der Waals surface area contributed by atoms with E-state index in [-0.39, 0.29) is 5.69 Å². The van der Waals surface area contributed by atoms with Gasteiger partial charge in [-0.2, -0.15) is 0 Å². The fraction of sp³-hybridized carbons (Fsp3) is 0.389. The second-order valence-corrected chi connectivity index (χ2v) is 6.45. The number of H-pyrrole nitrogens is 2. The number of benzene rings is 1. The van der Waals surface area contributed by atoms with Gasteiger partial charge >= 0.3 is 5.69 Å². The van der Waals surface area contributed by atoms with E-state index in [1.54, 1.807) is 0 Å². The lowest BCUT2D eigenvalue weighted by Gasteiger charge is -2.33. The molecule has 3 aromatic rings. The molecule has 1 aliphatic heterocycles. The Morgan fingerprint density at radius 3 is 2.72 bits per heavy atom. The summed E-state index contributed by atoms with van der Waals surface area (Å²) in [5.41, 5.74) is 2.39. The Labute approximate surface area is 145 Å². The predicted octanol–water partition coefficient (Wildman–Crippen LogP) is 1.45. The van der Waals surface area contributed by atoms with Gasteiger partial charge in [0.1, 0.15) is 11.8 Å². The van der Waals surface area contributed by atoms with Crippen molar-refractivity contribution in [3.05, 3.63) is 52.7 Å². The molecule has 0 amide bonds. The third kappa shape index (κ3) is 3.56. The third-order valence-corrected chi connectivity index (χ3v) is 4.78. The molecule has 25 heavy (non-hydrogen) atoms. The topological polar surface area (TPSA) is 89.7 Å². The molecule has 7 heteroatoms. The average Bonchev–Trinajstić information content (AvgIpc) is 3.03. The second-order valence-electron chi connectivity index (χ2n) is 6.45. The zero-order valence-corrected chi connectivity index (χ0v) is 14.0. The lowest BCUT2D eigenvalue weighted by molar-refractivity contribution is 0.416. The first-order valence-corrected chi connectivity index (χ1v) is 8.75. The van der Waals surface area contributed by atoms with Gasteiger partial charge in [-0.05, 0) is 31.4 Å². The van der Waals surface area contributed by atoms with Crippen molar-refractivity contribution in [2.45, 2.75) is 25.3 Å². The van der Waals surface area contributed by atoms with Crippen LogP contribution in [0, 0.1) is 0 Å². The van der Waals surface area contributed by atoms with Gasteiger partial charge in [0.05, 0.1) is 0 Å². The van der Waals surface area contributed by atoms with Crippen LogP contribution >= 0.6 is 0 Å². The van der Waals surface area contributed by atoms with Crippen LogP contribution in [0.15, 0.2) is 41.5 Å². The van der Waals surface area contributed by atoms with Crippen LogP contribution in [0.25, 0.3) is 11.2 Å². The summed E-state index contributed by atoms with van der Waals surface area (Å²) >= 11 is 0. The van der Waals surface area contributed by atoms with E-state index in [1.807, 2.05) is 0 Å². The first kappa shape index (κ1) is 15.8. The highest BCUT2D eigenvalue weighted by Crippen LogP contribution is 2.22. The minimum Gasteiger partial charge on any atom is -0.355 e. The number of fused-ring (bicyclic) bond motifs is 1. The molecule has 0 bridgehead atoms. The SMILES string of the molecule is O=c1[nH]c2ncnc(N3CCC(NCCc4ccccc4)CC3)c2[nH]1. The summed E-state index contributed by atoms with van der Waals surface area (Å²) in [6, 6.07) is 11.1. The van der Waals surface area contributed by atoms with Gasteiger partial charge in [0, 0.05) is 19.1 Å². The van der Waals surface area contributed by atoms with Crippen molar-refractivity contribution in [3.63, 3.8) is 0 Å². The molecule has 1 saturated heterocycles. The summed E-state index contributed by atoms with van der Waals surface area (Å²) in [5.74, 6) is 0.811. The van der Waals surface area contributed by atoms with Crippen molar-refractivity contribution in [2.24, 2.45) is 0 Å². The molecule has 1 fully saturated rings. The molecule has 0 aliphatic carbocycles. The fourth-order valence-electron chi connectivity index (χ4n) is 3.44. The standard InChI is InChI=1S/C18H22N6O/c25-18-22-15-16(23-18)20-12-21-17(15)24-10-7-14(8-11-24)19-9-6-13-4-2-1-3-5-13/h1-5,12,14,19H,6-11H2,(H2,20,21,22,23,25). The zero-order valence-electron chi connectivity index (χ0n) is 14.0. The maximum Gasteiger partial charge on any atom is 0.325 e. The molecule has 0 radical (unpaired) electrons. The maximum absolute atomic E-state index is 11.5. The molecule has 7 nitrogen and oxygen atoms in total. The van der Waals surface area contributed by atoms with Crippen LogP contribution < -0.4 is 15.9 Å². The number of imidazole rings is 1. The van der Waals surface area contributed by atoms with E-state index in [1.165, 1.54) is 11.9 Å². The molecule has 0 saturated carbocycles. The quantitative estimate of drug-likeness (QED) is 0.655. The molecular formula is C18H22N6O. The lowest BCUT2D eigenvalue weighted by Crippen LogP contribution is -2.43. The van der Waals surface area contributed by atoms with Crippen LogP contribution in [-0.2, 0) is 6.42 Å². The highest BCUT2D eigenvalue weighted by molar-refractivity contribution is 5.82. The van der Waals surface area contributed by atoms with Crippen LogP contribution in [0.5, 0.6) is 0 Å². The van der Waals surface area contributed by atoms with Gasteiger partial charge < -0.3 is 15.2 Å². The Balaban J connectivity index is 1.33. The largest absolute Gasteiger partial charge is 0.355 e. The molecule has 130 valence electrons. The van der Waals surface area contributed by atoms with Crippen molar-refractivity contribution in [2.75, 3.05) is 24.5 Å². The number of hydrogen-bond acceptors (Lipinski definition) is 5. The number of aromatic amines is 2. The van der Waals surface area contributed by atoms with E-state index >= 15 is 0 Å². The average molecular weight is 338 g/mol. The van der Waals surface area contributed by atoms with Gasteiger partial charge in [-0.15, -0.1) is 0 Å². The predicted molar refractivity (Wildman–Crippen MR) is 97.9 cm³/mol. The summed E-state index contributed by atoms with van der Waals surface area (Å²) in [7, 11) is 0. The normalized spacial score (nSPS) is 15.8. The van der Waals surface area contributed by atoms with Gasteiger partial charge in [-0.3, -0.25) is 4.98 Å². The smallest absolute Gasteiger partial charge is 0.325 e. The van der Waals surface area contributed by atoms with E-state index in [9.17, 15) is 4.79 Å². The Kier molecular flexibility index (Phi) is 4.47. The number of anilines is 1. The minimum absolute atomic E-state index is 0.241. The molecule has 0 spiro atoms. The van der Waals surface area contributed by atoms with Crippen molar-refractivity contribution < 1.29 is 0 Å². The van der Waals surface area contributed by atoms with E-state index in [4.69, 9.17) is 0 Å². The maximum atomic E-state index is 11.5. The van der Waals surface area contributed by atoms with Gasteiger partial charge in [-0.25, -0.2) is 14.8 Å². The van der Waals surface area contributed by atoms with E-state index in [0.29, 0.717) is 17.2 Å². The lowest BCUT2D eigenvalue weighted by atomic mass is 10.0. The van der Waals surface area contributed by atoms with Crippen molar-refractivity contribution >= 4 is 17.0 Å². The van der Waals surface area contributed by atoms with Crippen LogP contribution in [0.4, 0.5) is 5.82 Å². The number of nitrogens with one attached hydrogen (secondary N) is 3. The Hall–Kier alpha value is -2.67. The molecule has 1 aliphatic rings. The van der Waals surface area contributed by atoms with Gasteiger partial charge in [-0.1, -0.05) is 30.3 Å². The summed E-state index contributed by atoms with van der Waals surface area (Å²) in [6.45, 7) is 2.84. The summed E-state index contributed by atoms with van der Waals surface area (Å²) in [6.07, 6.45) is 4.69. The third-order valence-electron chi connectivity index (χ3n) is 4.78. The van der Waals surface area contributed by atoms with Crippen LogP contribution in [0.1, 0.15) is 18.4 Å². The van der Waals surface area contributed by atoms with Crippen LogP contribution in [0.2, 0.25) is 0 Å². The molecular weight excluding hydrogens is 316 g/mol. The Morgan fingerprint density at radius 2 is 1.92 bits per heavy atom. The summed E-state index contributed by atoms with van der Waals surface area (Å²) in [4.78, 5) is 27.7. The minimum atomic E-state index is -0.241. The number of rotatable bonds is 5. The second kappa shape index (κ2) is 7.06.